The van der Waals surface area contributed by atoms with Crippen molar-refractivity contribution in [1.29, 1.82) is 0 Å². The molecule has 0 fully saturated rings. The molecule has 18 heavy (non-hydrogen) atoms. The van der Waals surface area contributed by atoms with Gasteiger partial charge >= 0.3 is 0 Å². The summed E-state index contributed by atoms with van der Waals surface area (Å²) in [7, 11) is 0. The van der Waals surface area contributed by atoms with Crippen LogP contribution in [0.3, 0.4) is 0 Å². The Morgan fingerprint density at radius 1 is 1.06 bits per heavy atom. The molecule has 0 aliphatic heterocycles. The summed E-state index contributed by atoms with van der Waals surface area (Å²) in [6, 6.07) is 9.42. The first-order valence-electron chi connectivity index (χ1n) is 5.51. The monoisotopic (exact) mass is 267 g/mol. The lowest BCUT2D eigenvalue weighted by Gasteiger charge is -2.11. The van der Waals surface area contributed by atoms with Gasteiger partial charge in [-0.2, -0.15) is 0 Å². The van der Waals surface area contributed by atoms with Crippen molar-refractivity contribution in [3.63, 3.8) is 0 Å². The summed E-state index contributed by atoms with van der Waals surface area (Å²) >= 11 is 5.84. The van der Waals surface area contributed by atoms with Crippen LogP contribution in [-0.2, 0) is 6.54 Å². The first-order chi connectivity index (χ1) is 8.59. The highest BCUT2D eigenvalue weighted by Crippen LogP contribution is 2.22. The highest BCUT2D eigenvalue weighted by Gasteiger charge is 2.07. The number of benzene rings is 2. The maximum absolute atomic E-state index is 13.3. The van der Waals surface area contributed by atoms with Crippen LogP contribution in [0.5, 0.6) is 0 Å². The van der Waals surface area contributed by atoms with E-state index in [0.717, 1.165) is 0 Å². The molecule has 0 aromatic heterocycles. The number of hydrogen-bond acceptors (Lipinski definition) is 1. The van der Waals surface area contributed by atoms with E-state index in [4.69, 9.17) is 11.6 Å². The van der Waals surface area contributed by atoms with Gasteiger partial charge in [0.1, 0.15) is 11.6 Å². The van der Waals surface area contributed by atoms with Crippen molar-refractivity contribution >= 4 is 17.3 Å². The normalized spacial score (nSPS) is 10.4. The van der Waals surface area contributed by atoms with E-state index >= 15 is 0 Å². The van der Waals surface area contributed by atoms with E-state index in [0.29, 0.717) is 23.4 Å². The van der Waals surface area contributed by atoms with E-state index in [-0.39, 0.29) is 10.8 Å². The van der Waals surface area contributed by atoms with E-state index in [1.54, 1.807) is 31.2 Å². The minimum Gasteiger partial charge on any atom is -0.381 e. The van der Waals surface area contributed by atoms with E-state index in [1.807, 2.05) is 0 Å². The van der Waals surface area contributed by atoms with Gasteiger partial charge in [0.15, 0.2) is 0 Å². The first-order valence-corrected chi connectivity index (χ1v) is 5.89. The number of anilines is 1. The van der Waals surface area contributed by atoms with Crippen molar-refractivity contribution in [2.75, 3.05) is 5.32 Å². The zero-order chi connectivity index (χ0) is 13.1. The van der Waals surface area contributed by atoms with Gasteiger partial charge in [-0.15, -0.1) is 0 Å². The second-order valence-electron chi connectivity index (χ2n) is 3.98. The Morgan fingerprint density at radius 3 is 2.50 bits per heavy atom. The van der Waals surface area contributed by atoms with E-state index in [9.17, 15) is 8.78 Å². The summed E-state index contributed by atoms with van der Waals surface area (Å²) < 4.78 is 26.6. The lowest BCUT2D eigenvalue weighted by molar-refractivity contribution is 0.619. The molecule has 1 N–H and O–H groups in total. The summed E-state index contributed by atoms with van der Waals surface area (Å²) in [6.45, 7) is 2.03. The van der Waals surface area contributed by atoms with Crippen LogP contribution in [-0.4, -0.2) is 0 Å². The molecule has 1 nitrogen and oxygen atoms in total. The highest BCUT2D eigenvalue weighted by atomic mass is 35.5. The van der Waals surface area contributed by atoms with Crippen molar-refractivity contribution in [2.45, 2.75) is 13.5 Å². The van der Waals surface area contributed by atoms with Gasteiger partial charge in [0, 0.05) is 17.8 Å². The van der Waals surface area contributed by atoms with Crippen LogP contribution < -0.4 is 5.32 Å². The van der Waals surface area contributed by atoms with Gasteiger partial charge in [-0.3, -0.25) is 0 Å². The van der Waals surface area contributed by atoms with Gasteiger partial charge in [0.2, 0.25) is 0 Å². The summed E-state index contributed by atoms with van der Waals surface area (Å²) in [5.74, 6) is -0.725. The molecule has 4 heteroatoms. The van der Waals surface area contributed by atoms with Crippen LogP contribution in [0.15, 0.2) is 36.4 Å². The van der Waals surface area contributed by atoms with Crippen LogP contribution in [0.1, 0.15) is 11.1 Å². The third kappa shape index (κ3) is 2.62. The molecule has 0 saturated carbocycles. The molecule has 0 amide bonds. The molecule has 2 aromatic rings. The van der Waals surface area contributed by atoms with E-state index < -0.39 is 5.82 Å². The summed E-state index contributed by atoms with van der Waals surface area (Å²) in [5.41, 5.74) is 1.85. The van der Waals surface area contributed by atoms with Crippen molar-refractivity contribution in [3.05, 3.63) is 64.2 Å². The molecule has 0 unspecified atom stereocenters. The Bertz CT molecular complexity index is 518. The Hall–Kier alpha value is -1.61. The molecule has 0 atom stereocenters. The Balaban J connectivity index is 2.17. The Labute approximate surface area is 109 Å². The lowest BCUT2D eigenvalue weighted by Crippen LogP contribution is -2.03. The fourth-order valence-electron chi connectivity index (χ4n) is 1.67. The molecule has 2 aromatic carbocycles. The Morgan fingerprint density at radius 2 is 1.72 bits per heavy atom. The molecule has 94 valence electrons. The molecular formula is C14H12ClF2N. The van der Waals surface area contributed by atoms with Crippen molar-refractivity contribution in [2.24, 2.45) is 0 Å². The first kappa shape index (κ1) is 12.8. The van der Waals surface area contributed by atoms with Crippen molar-refractivity contribution in [3.8, 4) is 0 Å². The molecule has 0 aliphatic rings. The molecule has 0 radical (unpaired) electrons. The third-order valence-corrected chi connectivity index (χ3v) is 3.19. The van der Waals surface area contributed by atoms with E-state index in [1.165, 1.54) is 12.1 Å². The molecule has 0 heterocycles. The molecule has 0 aliphatic carbocycles. The maximum atomic E-state index is 13.3. The quantitative estimate of drug-likeness (QED) is 0.861. The fourth-order valence-corrected chi connectivity index (χ4v) is 1.87. The molecule has 2 rings (SSSR count). The molecule has 0 spiro atoms. The van der Waals surface area contributed by atoms with E-state index in [2.05, 4.69) is 5.32 Å². The van der Waals surface area contributed by atoms with Crippen LogP contribution in [0.2, 0.25) is 5.02 Å². The summed E-state index contributed by atoms with van der Waals surface area (Å²) in [4.78, 5) is 0. The summed E-state index contributed by atoms with van der Waals surface area (Å²) in [5, 5.41) is 3.14. The minimum absolute atomic E-state index is 0.0963. The van der Waals surface area contributed by atoms with Crippen LogP contribution >= 0.6 is 11.6 Å². The minimum atomic E-state index is -0.452. The zero-order valence-electron chi connectivity index (χ0n) is 9.81. The van der Waals surface area contributed by atoms with Gasteiger partial charge in [-0.25, -0.2) is 8.78 Å². The maximum Gasteiger partial charge on any atom is 0.142 e. The second-order valence-corrected chi connectivity index (χ2v) is 4.36. The smallest absolute Gasteiger partial charge is 0.142 e. The van der Waals surface area contributed by atoms with Gasteiger partial charge in [-0.05, 0) is 30.7 Å². The average Bonchev–Trinajstić information content (AvgIpc) is 2.36. The van der Waals surface area contributed by atoms with Crippen molar-refractivity contribution in [1.82, 2.24) is 0 Å². The zero-order valence-corrected chi connectivity index (χ0v) is 10.6. The van der Waals surface area contributed by atoms with Gasteiger partial charge in [-0.1, -0.05) is 29.8 Å². The van der Waals surface area contributed by atoms with Gasteiger partial charge < -0.3 is 5.32 Å². The van der Waals surface area contributed by atoms with Crippen molar-refractivity contribution < 1.29 is 8.78 Å². The number of hydrogen-bond donors (Lipinski definition) is 1. The fraction of sp³-hybridized carbons (Fsp3) is 0.143. The van der Waals surface area contributed by atoms with Crippen LogP contribution in [0, 0.1) is 18.6 Å². The SMILES string of the molecule is Cc1c(F)cccc1NCc1cccc(F)c1Cl. The van der Waals surface area contributed by atoms with Gasteiger partial charge in [0.05, 0.1) is 5.02 Å². The topological polar surface area (TPSA) is 12.0 Å². The molecule has 0 bridgehead atoms. The second kappa shape index (κ2) is 5.36. The molecule has 0 saturated heterocycles. The standard InChI is InChI=1S/C14H12ClF2N/c1-9-11(16)5-3-7-13(9)18-8-10-4-2-6-12(17)14(10)15/h2-7,18H,8H2,1H3. The number of halogens is 3. The third-order valence-electron chi connectivity index (χ3n) is 2.77. The largest absolute Gasteiger partial charge is 0.381 e. The number of nitrogens with one attached hydrogen (secondary N) is 1. The predicted octanol–water partition coefficient (Wildman–Crippen LogP) is 4.54. The van der Waals surface area contributed by atoms with Crippen LogP contribution in [0.4, 0.5) is 14.5 Å². The highest BCUT2D eigenvalue weighted by molar-refractivity contribution is 6.31. The van der Waals surface area contributed by atoms with Gasteiger partial charge in [0.25, 0.3) is 0 Å². The lowest BCUT2D eigenvalue weighted by atomic mass is 10.1. The van der Waals surface area contributed by atoms with Crippen LogP contribution in [0.25, 0.3) is 0 Å². The number of rotatable bonds is 3. The average molecular weight is 268 g/mol. The molecular weight excluding hydrogens is 256 g/mol. The summed E-state index contributed by atoms with van der Waals surface area (Å²) in [6.07, 6.45) is 0. The predicted molar refractivity (Wildman–Crippen MR) is 69.9 cm³/mol. The Kier molecular flexibility index (Phi) is 3.82.